The number of thiophene rings is 1. The average Bonchev–Trinajstić information content (AvgIpc) is 2.59. The van der Waals surface area contributed by atoms with Gasteiger partial charge >= 0.3 is 0 Å². The molecule has 0 fully saturated rings. The minimum Gasteiger partial charge on any atom is -0.348 e. The molecule has 0 radical (unpaired) electrons. The van der Waals surface area contributed by atoms with Gasteiger partial charge in [0.15, 0.2) is 0 Å². The predicted octanol–water partition coefficient (Wildman–Crippen LogP) is 3.13. The van der Waals surface area contributed by atoms with Crippen molar-refractivity contribution in [3.05, 3.63) is 20.8 Å². The molecule has 0 aliphatic carbocycles. The topological polar surface area (TPSA) is 52.9 Å². The number of carbonyl (C=O) groups excluding carboxylic acids is 1. The minimum absolute atomic E-state index is 0.101. The Kier molecular flexibility index (Phi) is 4.78. The molecule has 1 amide bonds. The molecule has 0 saturated carbocycles. The molecule has 1 rings (SSSR count). The Balaban J connectivity index is 2.72. The molecule has 1 N–H and O–H groups in total. The number of halogens is 1. The third kappa shape index (κ3) is 2.97. The normalized spacial score (nSPS) is 11.9. The van der Waals surface area contributed by atoms with E-state index in [4.69, 9.17) is 16.9 Å². The molecule has 3 nitrogen and oxygen atoms in total. The Labute approximate surface area is 104 Å². The first-order valence-corrected chi connectivity index (χ1v) is 6.27. The van der Waals surface area contributed by atoms with Gasteiger partial charge in [0.2, 0.25) is 0 Å². The molecule has 0 aliphatic rings. The lowest BCUT2D eigenvalue weighted by atomic mass is 10.1. The second kappa shape index (κ2) is 5.88. The van der Waals surface area contributed by atoms with Crippen LogP contribution in [0.15, 0.2) is 5.38 Å². The number of nitrogens with one attached hydrogen (secondary N) is 1. The Bertz CT molecular complexity index is 422. The predicted molar refractivity (Wildman–Crippen MR) is 65.8 cm³/mol. The van der Waals surface area contributed by atoms with Crippen LogP contribution in [0, 0.1) is 18.3 Å². The molecule has 1 heterocycles. The Hall–Kier alpha value is -1.05. The molecule has 0 spiro atoms. The van der Waals surface area contributed by atoms with Gasteiger partial charge in [0.1, 0.15) is 4.88 Å². The summed E-state index contributed by atoms with van der Waals surface area (Å²) in [6, 6.07) is 1.95. The third-order valence-electron chi connectivity index (χ3n) is 2.27. The molecular weight excluding hydrogens is 244 g/mol. The Morgan fingerprint density at radius 1 is 1.75 bits per heavy atom. The molecule has 0 aromatic carbocycles. The highest BCUT2D eigenvalue weighted by Gasteiger charge is 2.17. The fraction of sp³-hybridized carbons (Fsp3) is 0.455. The number of hydrogen-bond acceptors (Lipinski definition) is 3. The van der Waals surface area contributed by atoms with Crippen LogP contribution in [-0.4, -0.2) is 11.9 Å². The standard InChI is InChI=1S/C11H13ClN2OS/c1-3-8(4-5-13)14-11(15)10-9(12)7(2)6-16-10/h6,8H,3-4H2,1-2H3,(H,14,15). The van der Waals surface area contributed by atoms with Gasteiger partial charge in [-0.25, -0.2) is 0 Å². The van der Waals surface area contributed by atoms with Gasteiger partial charge in [-0.05, 0) is 24.3 Å². The lowest BCUT2D eigenvalue weighted by Crippen LogP contribution is -2.33. The van der Waals surface area contributed by atoms with E-state index in [1.54, 1.807) is 0 Å². The van der Waals surface area contributed by atoms with Gasteiger partial charge in [-0.15, -0.1) is 11.3 Å². The lowest BCUT2D eigenvalue weighted by Gasteiger charge is -2.12. The smallest absolute Gasteiger partial charge is 0.263 e. The zero-order valence-corrected chi connectivity index (χ0v) is 10.8. The van der Waals surface area contributed by atoms with Crippen LogP contribution in [0.2, 0.25) is 5.02 Å². The fourth-order valence-corrected chi connectivity index (χ4v) is 2.42. The van der Waals surface area contributed by atoms with Crippen molar-refractivity contribution in [1.82, 2.24) is 5.32 Å². The number of amides is 1. The van der Waals surface area contributed by atoms with Gasteiger partial charge in [0.05, 0.1) is 17.5 Å². The highest BCUT2D eigenvalue weighted by molar-refractivity contribution is 7.13. The molecule has 1 atom stereocenters. The van der Waals surface area contributed by atoms with Gasteiger partial charge in [-0.1, -0.05) is 18.5 Å². The first-order chi connectivity index (χ1) is 7.60. The Morgan fingerprint density at radius 3 is 2.88 bits per heavy atom. The zero-order chi connectivity index (χ0) is 12.1. The second-order valence-corrected chi connectivity index (χ2v) is 4.76. The van der Waals surface area contributed by atoms with Crippen molar-refractivity contribution in [2.75, 3.05) is 0 Å². The molecule has 0 aliphatic heterocycles. The third-order valence-corrected chi connectivity index (χ3v) is 3.97. The Morgan fingerprint density at radius 2 is 2.44 bits per heavy atom. The van der Waals surface area contributed by atoms with Crippen molar-refractivity contribution < 1.29 is 4.79 Å². The summed E-state index contributed by atoms with van der Waals surface area (Å²) in [6.07, 6.45) is 1.06. The van der Waals surface area contributed by atoms with Crippen LogP contribution in [0.4, 0.5) is 0 Å². The quantitative estimate of drug-likeness (QED) is 0.900. The molecule has 0 saturated heterocycles. The summed E-state index contributed by atoms with van der Waals surface area (Å²) < 4.78 is 0. The van der Waals surface area contributed by atoms with E-state index < -0.39 is 0 Å². The van der Waals surface area contributed by atoms with Crippen LogP contribution in [-0.2, 0) is 0 Å². The van der Waals surface area contributed by atoms with Gasteiger partial charge in [0, 0.05) is 6.04 Å². The number of nitriles is 1. The summed E-state index contributed by atoms with van der Waals surface area (Å²) in [5, 5.41) is 13.7. The van der Waals surface area contributed by atoms with E-state index in [0.29, 0.717) is 16.3 Å². The van der Waals surface area contributed by atoms with Crippen molar-refractivity contribution in [2.45, 2.75) is 32.7 Å². The van der Waals surface area contributed by atoms with Crippen LogP contribution in [0.25, 0.3) is 0 Å². The number of rotatable bonds is 4. The summed E-state index contributed by atoms with van der Waals surface area (Å²) in [4.78, 5) is 12.4. The lowest BCUT2D eigenvalue weighted by molar-refractivity contribution is 0.0941. The highest BCUT2D eigenvalue weighted by Crippen LogP contribution is 2.27. The van der Waals surface area contributed by atoms with Crippen LogP contribution in [0.1, 0.15) is 35.0 Å². The van der Waals surface area contributed by atoms with E-state index in [9.17, 15) is 4.79 Å². The summed E-state index contributed by atoms with van der Waals surface area (Å²) in [7, 11) is 0. The van der Waals surface area contributed by atoms with E-state index in [1.165, 1.54) is 11.3 Å². The van der Waals surface area contributed by atoms with Crippen molar-refractivity contribution >= 4 is 28.8 Å². The van der Waals surface area contributed by atoms with E-state index in [-0.39, 0.29) is 11.9 Å². The first-order valence-electron chi connectivity index (χ1n) is 5.01. The van der Waals surface area contributed by atoms with Crippen LogP contribution in [0.5, 0.6) is 0 Å². The highest BCUT2D eigenvalue weighted by atomic mass is 35.5. The number of nitrogens with zero attached hydrogens (tertiary/aromatic N) is 1. The molecular formula is C11H13ClN2OS. The molecule has 16 heavy (non-hydrogen) atoms. The molecule has 1 unspecified atom stereocenters. The molecule has 86 valence electrons. The van der Waals surface area contributed by atoms with Crippen LogP contribution < -0.4 is 5.32 Å². The van der Waals surface area contributed by atoms with Gasteiger partial charge in [-0.2, -0.15) is 5.26 Å². The maximum absolute atomic E-state index is 11.8. The van der Waals surface area contributed by atoms with Gasteiger partial charge < -0.3 is 5.32 Å². The van der Waals surface area contributed by atoms with Gasteiger partial charge in [0.25, 0.3) is 5.91 Å². The molecule has 1 aromatic heterocycles. The van der Waals surface area contributed by atoms with E-state index >= 15 is 0 Å². The van der Waals surface area contributed by atoms with E-state index in [2.05, 4.69) is 11.4 Å². The van der Waals surface area contributed by atoms with Crippen LogP contribution >= 0.6 is 22.9 Å². The maximum Gasteiger partial charge on any atom is 0.263 e. The molecule has 0 bridgehead atoms. The monoisotopic (exact) mass is 256 g/mol. The van der Waals surface area contributed by atoms with Crippen LogP contribution in [0.3, 0.4) is 0 Å². The number of carbonyl (C=O) groups is 1. The van der Waals surface area contributed by atoms with Gasteiger partial charge in [-0.3, -0.25) is 4.79 Å². The largest absolute Gasteiger partial charge is 0.348 e. The minimum atomic E-state index is -0.190. The number of aryl methyl sites for hydroxylation is 1. The van der Waals surface area contributed by atoms with Crippen molar-refractivity contribution in [3.63, 3.8) is 0 Å². The summed E-state index contributed by atoms with van der Waals surface area (Å²) in [6.45, 7) is 3.80. The van der Waals surface area contributed by atoms with Crippen molar-refractivity contribution in [3.8, 4) is 6.07 Å². The SMILES string of the molecule is CCC(CC#N)NC(=O)c1scc(C)c1Cl. The molecule has 1 aromatic rings. The average molecular weight is 257 g/mol. The van der Waals surface area contributed by atoms with Crippen molar-refractivity contribution in [2.24, 2.45) is 0 Å². The van der Waals surface area contributed by atoms with E-state index in [1.807, 2.05) is 19.2 Å². The second-order valence-electron chi connectivity index (χ2n) is 3.50. The van der Waals surface area contributed by atoms with E-state index in [0.717, 1.165) is 12.0 Å². The fourth-order valence-electron chi connectivity index (χ4n) is 1.24. The summed E-state index contributed by atoms with van der Waals surface area (Å²) in [5.74, 6) is -0.190. The molecule has 5 heteroatoms. The zero-order valence-electron chi connectivity index (χ0n) is 9.21. The summed E-state index contributed by atoms with van der Waals surface area (Å²) >= 11 is 7.32. The maximum atomic E-state index is 11.8. The summed E-state index contributed by atoms with van der Waals surface area (Å²) in [5.41, 5.74) is 0.908. The number of hydrogen-bond donors (Lipinski definition) is 1. The van der Waals surface area contributed by atoms with Crippen molar-refractivity contribution in [1.29, 1.82) is 5.26 Å². The first kappa shape index (κ1) is 13.0.